The third-order valence-electron chi connectivity index (χ3n) is 3.06. The number of aliphatic hydroxyl groups is 2. The van der Waals surface area contributed by atoms with Crippen molar-refractivity contribution in [2.24, 2.45) is 0 Å². The second-order valence-electron chi connectivity index (χ2n) is 4.47. The van der Waals surface area contributed by atoms with E-state index >= 15 is 0 Å². The summed E-state index contributed by atoms with van der Waals surface area (Å²) in [4.78, 5) is 20.4. The molecular weight excluding hydrogens is 308 g/mol. The zero-order chi connectivity index (χ0) is 17.0. The number of para-hydroxylation sites is 2. The highest BCUT2D eigenvalue weighted by molar-refractivity contribution is 5.42. The van der Waals surface area contributed by atoms with Crippen molar-refractivity contribution >= 4 is 11.4 Å². The van der Waals surface area contributed by atoms with Gasteiger partial charge in [-0.2, -0.15) is 0 Å². The molecule has 2 unspecified atom stereocenters. The van der Waals surface area contributed by atoms with Crippen molar-refractivity contribution in [2.75, 3.05) is 0 Å². The Hall–Kier alpha value is -2.88. The summed E-state index contributed by atoms with van der Waals surface area (Å²) in [5.41, 5.74) is -1.13. The molecule has 9 nitrogen and oxygen atoms in total. The van der Waals surface area contributed by atoms with E-state index in [4.69, 9.17) is 4.74 Å². The number of benzene rings is 2. The molecule has 0 heterocycles. The van der Waals surface area contributed by atoms with Gasteiger partial charge in [-0.05, 0) is 12.1 Å². The average Bonchev–Trinajstić information content (AvgIpc) is 2.54. The van der Waals surface area contributed by atoms with Crippen LogP contribution in [0, 0.1) is 20.2 Å². The molecule has 2 aromatic carbocycles. The Balaban J connectivity index is 2.26. The largest absolute Gasteiger partial charge is 0.364 e. The molecule has 0 aliphatic heterocycles. The summed E-state index contributed by atoms with van der Waals surface area (Å²) >= 11 is 0. The summed E-state index contributed by atoms with van der Waals surface area (Å²) in [7, 11) is 0. The smallest absolute Gasteiger partial charge is 0.277 e. The molecule has 0 aliphatic rings. The van der Waals surface area contributed by atoms with Gasteiger partial charge >= 0.3 is 0 Å². The minimum absolute atomic E-state index is 0.171. The summed E-state index contributed by atoms with van der Waals surface area (Å²) in [6.45, 7) is 0. The zero-order valence-corrected chi connectivity index (χ0v) is 11.6. The number of hydrogen-bond acceptors (Lipinski definition) is 7. The maximum atomic E-state index is 10.9. The average molecular weight is 320 g/mol. The van der Waals surface area contributed by atoms with Crippen LogP contribution in [0.2, 0.25) is 0 Å². The van der Waals surface area contributed by atoms with Crippen molar-refractivity contribution in [2.45, 2.75) is 12.6 Å². The van der Waals surface area contributed by atoms with Crippen LogP contribution < -0.4 is 0 Å². The van der Waals surface area contributed by atoms with E-state index in [0.717, 1.165) is 0 Å². The molecule has 23 heavy (non-hydrogen) atoms. The van der Waals surface area contributed by atoms with E-state index in [0.29, 0.717) is 0 Å². The Labute approximate surface area is 129 Å². The summed E-state index contributed by atoms with van der Waals surface area (Å²) < 4.78 is 4.91. The quantitative estimate of drug-likeness (QED) is 0.473. The second-order valence-corrected chi connectivity index (χ2v) is 4.47. The van der Waals surface area contributed by atoms with E-state index in [9.17, 15) is 30.4 Å². The predicted molar refractivity (Wildman–Crippen MR) is 77.2 cm³/mol. The Morgan fingerprint density at radius 1 is 0.783 bits per heavy atom. The number of nitrogens with zero attached hydrogens (tertiary/aromatic N) is 2. The highest BCUT2D eigenvalue weighted by Crippen LogP contribution is 2.32. The van der Waals surface area contributed by atoms with Crippen molar-refractivity contribution in [1.82, 2.24) is 0 Å². The third-order valence-corrected chi connectivity index (χ3v) is 3.06. The van der Waals surface area contributed by atoms with Crippen LogP contribution in [0.15, 0.2) is 48.5 Å². The van der Waals surface area contributed by atoms with Gasteiger partial charge in [-0.3, -0.25) is 20.2 Å². The number of ether oxygens (including phenoxy) is 1. The minimum Gasteiger partial charge on any atom is -0.364 e. The van der Waals surface area contributed by atoms with Crippen LogP contribution in [0.4, 0.5) is 11.4 Å². The van der Waals surface area contributed by atoms with Gasteiger partial charge in [0.15, 0.2) is 12.6 Å². The molecule has 0 spiro atoms. The number of nitro groups is 2. The first-order valence-corrected chi connectivity index (χ1v) is 6.40. The van der Waals surface area contributed by atoms with E-state index in [1.807, 2.05) is 0 Å². The predicted octanol–water partition coefficient (Wildman–Crippen LogP) is 2.20. The van der Waals surface area contributed by atoms with E-state index in [1.165, 1.54) is 48.5 Å². The lowest BCUT2D eigenvalue weighted by Gasteiger charge is -2.17. The van der Waals surface area contributed by atoms with Crippen LogP contribution in [0.3, 0.4) is 0 Å². The van der Waals surface area contributed by atoms with Gasteiger partial charge in [-0.25, -0.2) is 0 Å². The lowest BCUT2D eigenvalue weighted by molar-refractivity contribution is -0.389. The lowest BCUT2D eigenvalue weighted by atomic mass is 10.1. The van der Waals surface area contributed by atoms with Crippen molar-refractivity contribution in [3.8, 4) is 0 Å². The Bertz CT molecular complexity index is 673. The SMILES string of the molecule is O=[N+]([O-])c1ccccc1C(O)OC(O)c1ccccc1[N+](=O)[O-]. The van der Waals surface area contributed by atoms with E-state index in [2.05, 4.69) is 0 Å². The molecule has 2 N–H and O–H groups in total. The standard InChI is InChI=1S/C14H12N2O7/c17-13(9-5-1-3-7-11(9)15(19)20)23-14(18)10-6-2-4-8-12(10)16(21)22/h1-8,13-14,17-18H. The fraction of sp³-hybridized carbons (Fsp3) is 0.143. The first-order chi connectivity index (χ1) is 10.9. The van der Waals surface area contributed by atoms with Gasteiger partial charge in [-0.15, -0.1) is 0 Å². The van der Waals surface area contributed by atoms with Crippen LogP contribution in [0.1, 0.15) is 23.7 Å². The first kappa shape index (κ1) is 16.5. The molecule has 0 radical (unpaired) electrons. The Kier molecular flexibility index (Phi) is 4.96. The van der Waals surface area contributed by atoms with Gasteiger partial charge in [0.2, 0.25) is 0 Å². The third kappa shape index (κ3) is 3.66. The molecule has 0 saturated heterocycles. The molecule has 2 rings (SSSR count). The van der Waals surface area contributed by atoms with Crippen molar-refractivity contribution in [3.63, 3.8) is 0 Å². The molecular formula is C14H12N2O7. The number of hydrogen-bond donors (Lipinski definition) is 2. The molecule has 2 aromatic rings. The Morgan fingerprint density at radius 3 is 1.48 bits per heavy atom. The number of rotatable bonds is 6. The Morgan fingerprint density at radius 2 is 1.13 bits per heavy atom. The van der Waals surface area contributed by atoms with Gasteiger partial charge in [0.1, 0.15) is 0 Å². The van der Waals surface area contributed by atoms with Crippen LogP contribution in [0.5, 0.6) is 0 Å². The summed E-state index contributed by atoms with van der Waals surface area (Å²) in [6, 6.07) is 10.6. The van der Waals surface area contributed by atoms with E-state index in [1.54, 1.807) is 0 Å². The van der Waals surface area contributed by atoms with Gasteiger partial charge in [0.25, 0.3) is 11.4 Å². The normalized spacial score (nSPS) is 13.3. The molecule has 0 aliphatic carbocycles. The molecule has 0 saturated carbocycles. The topological polar surface area (TPSA) is 136 Å². The molecule has 2 atom stereocenters. The number of aliphatic hydroxyl groups excluding tert-OH is 2. The summed E-state index contributed by atoms with van der Waals surface area (Å²) in [6.07, 6.45) is -3.65. The molecule has 9 heteroatoms. The van der Waals surface area contributed by atoms with Crippen LogP contribution in [-0.2, 0) is 4.74 Å². The lowest BCUT2D eigenvalue weighted by Crippen LogP contribution is -2.12. The summed E-state index contributed by atoms with van der Waals surface area (Å²) in [5.74, 6) is 0. The van der Waals surface area contributed by atoms with Gasteiger partial charge in [0, 0.05) is 12.1 Å². The fourth-order valence-corrected chi connectivity index (χ4v) is 1.99. The molecule has 0 amide bonds. The molecule has 0 bridgehead atoms. The molecule has 0 aromatic heterocycles. The van der Waals surface area contributed by atoms with E-state index in [-0.39, 0.29) is 11.1 Å². The highest BCUT2D eigenvalue weighted by atomic mass is 16.7. The van der Waals surface area contributed by atoms with Crippen LogP contribution in [-0.4, -0.2) is 20.1 Å². The maximum Gasteiger partial charge on any atom is 0.277 e. The summed E-state index contributed by atoms with van der Waals surface area (Å²) in [5, 5.41) is 41.7. The van der Waals surface area contributed by atoms with Crippen LogP contribution in [0.25, 0.3) is 0 Å². The molecule has 120 valence electrons. The van der Waals surface area contributed by atoms with Crippen LogP contribution >= 0.6 is 0 Å². The minimum atomic E-state index is -1.83. The van der Waals surface area contributed by atoms with Gasteiger partial charge in [0.05, 0.1) is 21.0 Å². The monoisotopic (exact) mass is 320 g/mol. The van der Waals surface area contributed by atoms with E-state index < -0.39 is 33.8 Å². The van der Waals surface area contributed by atoms with Crippen molar-refractivity contribution in [1.29, 1.82) is 0 Å². The highest BCUT2D eigenvalue weighted by Gasteiger charge is 2.26. The van der Waals surface area contributed by atoms with Gasteiger partial charge in [-0.1, -0.05) is 24.3 Å². The van der Waals surface area contributed by atoms with Crippen molar-refractivity contribution in [3.05, 3.63) is 79.9 Å². The number of nitro benzene ring substituents is 2. The van der Waals surface area contributed by atoms with Crippen molar-refractivity contribution < 1.29 is 24.8 Å². The second kappa shape index (κ2) is 6.92. The first-order valence-electron chi connectivity index (χ1n) is 6.40. The maximum absolute atomic E-state index is 10.9. The fourth-order valence-electron chi connectivity index (χ4n) is 1.99. The molecule has 0 fully saturated rings. The van der Waals surface area contributed by atoms with Gasteiger partial charge < -0.3 is 14.9 Å². The zero-order valence-electron chi connectivity index (χ0n) is 11.6.